The average molecular weight is 212 g/mol. The summed E-state index contributed by atoms with van der Waals surface area (Å²) in [6.07, 6.45) is 1.24. The topological polar surface area (TPSA) is 90.1 Å². The summed E-state index contributed by atoms with van der Waals surface area (Å²) in [5.74, 6) is -0.910. The van der Waals surface area contributed by atoms with Crippen LogP contribution in [-0.4, -0.2) is 26.4 Å². The van der Waals surface area contributed by atoms with Crippen molar-refractivity contribution >= 4 is 11.7 Å². The zero-order valence-electron chi connectivity index (χ0n) is 8.72. The highest BCUT2D eigenvalue weighted by molar-refractivity contribution is 5.96. The highest BCUT2D eigenvalue weighted by atomic mass is 16.6. The number of nitrogens with zero attached hydrogens (tertiary/aromatic N) is 3. The van der Waals surface area contributed by atoms with Crippen molar-refractivity contribution in [2.45, 2.75) is 19.9 Å². The molecule has 1 amide bonds. The van der Waals surface area contributed by atoms with Crippen LogP contribution < -0.4 is 5.32 Å². The van der Waals surface area contributed by atoms with E-state index in [1.165, 1.54) is 17.9 Å². The molecule has 7 nitrogen and oxygen atoms in total. The molecule has 1 N–H and O–H groups in total. The monoisotopic (exact) mass is 212 g/mol. The van der Waals surface area contributed by atoms with Gasteiger partial charge in [0, 0.05) is 13.1 Å². The summed E-state index contributed by atoms with van der Waals surface area (Å²) in [6, 6.07) is -0.0768. The van der Waals surface area contributed by atoms with E-state index in [0.717, 1.165) is 0 Å². The molecule has 7 heteroatoms. The van der Waals surface area contributed by atoms with Gasteiger partial charge in [0.25, 0.3) is 5.91 Å². The first-order chi connectivity index (χ1) is 6.93. The van der Waals surface area contributed by atoms with Crippen molar-refractivity contribution in [3.8, 4) is 0 Å². The number of aryl methyl sites for hydroxylation is 1. The minimum Gasteiger partial charge on any atom is -0.358 e. The predicted octanol–water partition coefficient (Wildman–Crippen LogP) is 0.466. The number of hydrogen-bond acceptors (Lipinski definition) is 4. The van der Waals surface area contributed by atoms with Gasteiger partial charge in [-0.1, -0.05) is 0 Å². The normalized spacial score (nSPS) is 10.4. The van der Waals surface area contributed by atoms with Gasteiger partial charge in [-0.25, -0.2) is 0 Å². The molecule has 1 aromatic heterocycles. The van der Waals surface area contributed by atoms with Crippen LogP contribution in [0.15, 0.2) is 6.33 Å². The molecule has 82 valence electrons. The minimum atomic E-state index is -0.671. The standard InChI is InChI=1S/C8H12N4O3/c1-5(2)10-8(13)6-7(12(14)15)9-4-11(6)3/h4-5H,1-3H3,(H,10,13). The molecule has 0 saturated carbocycles. The van der Waals surface area contributed by atoms with Crippen LogP contribution in [0.4, 0.5) is 5.82 Å². The fraction of sp³-hybridized carbons (Fsp3) is 0.500. The van der Waals surface area contributed by atoms with E-state index in [-0.39, 0.29) is 11.7 Å². The molecule has 0 saturated heterocycles. The number of nitro groups is 1. The minimum absolute atomic E-state index is 0.0336. The molecular formula is C8H12N4O3. The maximum Gasteiger partial charge on any atom is 0.394 e. The van der Waals surface area contributed by atoms with Gasteiger partial charge >= 0.3 is 5.82 Å². The molecule has 0 aliphatic carbocycles. The van der Waals surface area contributed by atoms with Crippen molar-refractivity contribution in [3.05, 3.63) is 22.1 Å². The van der Waals surface area contributed by atoms with E-state index in [1.54, 1.807) is 13.8 Å². The van der Waals surface area contributed by atoms with Crippen LogP contribution in [0.3, 0.4) is 0 Å². The van der Waals surface area contributed by atoms with Crippen LogP contribution in [0.25, 0.3) is 0 Å². The van der Waals surface area contributed by atoms with E-state index >= 15 is 0 Å². The fourth-order valence-corrected chi connectivity index (χ4v) is 1.14. The van der Waals surface area contributed by atoms with Crippen LogP contribution in [0.5, 0.6) is 0 Å². The molecule has 1 heterocycles. The second kappa shape index (κ2) is 4.07. The molecule has 0 atom stereocenters. The lowest BCUT2D eigenvalue weighted by atomic mass is 10.3. The van der Waals surface area contributed by atoms with Crippen molar-refractivity contribution < 1.29 is 9.72 Å². The van der Waals surface area contributed by atoms with Crippen LogP contribution in [0, 0.1) is 10.1 Å². The molecule has 1 rings (SSSR count). The maximum absolute atomic E-state index is 11.6. The number of nitrogens with one attached hydrogen (secondary N) is 1. The van der Waals surface area contributed by atoms with Crippen LogP contribution in [-0.2, 0) is 7.05 Å². The van der Waals surface area contributed by atoms with Gasteiger partial charge in [0.05, 0.1) is 0 Å². The van der Waals surface area contributed by atoms with Crippen molar-refractivity contribution in [1.29, 1.82) is 0 Å². The second-order valence-electron chi connectivity index (χ2n) is 3.41. The Kier molecular flexibility index (Phi) is 3.03. The molecule has 0 aliphatic heterocycles. The number of rotatable bonds is 3. The number of hydrogen-bond donors (Lipinski definition) is 1. The number of aromatic nitrogens is 2. The van der Waals surface area contributed by atoms with E-state index in [9.17, 15) is 14.9 Å². The zero-order chi connectivity index (χ0) is 11.6. The lowest BCUT2D eigenvalue weighted by Crippen LogP contribution is -2.31. The van der Waals surface area contributed by atoms with Gasteiger partial charge in [0.15, 0.2) is 0 Å². The Hall–Kier alpha value is -1.92. The third-order valence-electron chi connectivity index (χ3n) is 1.73. The Morgan fingerprint density at radius 2 is 2.27 bits per heavy atom. The highest BCUT2D eigenvalue weighted by Crippen LogP contribution is 2.14. The van der Waals surface area contributed by atoms with Gasteiger partial charge in [-0.2, -0.15) is 0 Å². The highest BCUT2D eigenvalue weighted by Gasteiger charge is 2.26. The Balaban J connectivity index is 3.06. The summed E-state index contributed by atoms with van der Waals surface area (Å²) in [5.41, 5.74) is -0.0336. The Bertz CT molecular complexity index is 397. The smallest absolute Gasteiger partial charge is 0.358 e. The van der Waals surface area contributed by atoms with Crippen molar-refractivity contribution in [3.63, 3.8) is 0 Å². The van der Waals surface area contributed by atoms with Gasteiger partial charge in [0.2, 0.25) is 12.0 Å². The van der Waals surface area contributed by atoms with Crippen molar-refractivity contribution in [2.75, 3.05) is 0 Å². The van der Waals surface area contributed by atoms with Crippen molar-refractivity contribution in [1.82, 2.24) is 14.9 Å². The number of amides is 1. The average Bonchev–Trinajstić information content (AvgIpc) is 2.45. The largest absolute Gasteiger partial charge is 0.394 e. The molecule has 0 bridgehead atoms. The molecule has 0 spiro atoms. The van der Waals surface area contributed by atoms with Gasteiger partial charge < -0.3 is 20.0 Å². The number of carbonyl (C=O) groups is 1. The predicted molar refractivity (Wildman–Crippen MR) is 52.5 cm³/mol. The quantitative estimate of drug-likeness (QED) is 0.582. The zero-order valence-corrected chi connectivity index (χ0v) is 8.72. The summed E-state index contributed by atoms with van der Waals surface area (Å²) in [5, 5.41) is 13.2. The summed E-state index contributed by atoms with van der Waals surface area (Å²) in [4.78, 5) is 25.0. The first-order valence-corrected chi connectivity index (χ1v) is 4.40. The van der Waals surface area contributed by atoms with E-state index in [0.29, 0.717) is 0 Å². The van der Waals surface area contributed by atoms with Gasteiger partial charge in [0.1, 0.15) is 0 Å². The molecule has 1 aromatic rings. The first-order valence-electron chi connectivity index (χ1n) is 4.40. The molecule has 0 radical (unpaired) electrons. The Labute approximate surface area is 86.3 Å². The Morgan fingerprint density at radius 1 is 1.67 bits per heavy atom. The van der Waals surface area contributed by atoms with E-state index in [1.807, 2.05) is 0 Å². The van der Waals surface area contributed by atoms with Crippen LogP contribution in [0.1, 0.15) is 24.3 Å². The lowest BCUT2D eigenvalue weighted by molar-refractivity contribution is -0.389. The summed E-state index contributed by atoms with van der Waals surface area (Å²) in [6.45, 7) is 3.56. The molecule has 15 heavy (non-hydrogen) atoms. The second-order valence-corrected chi connectivity index (χ2v) is 3.41. The summed E-state index contributed by atoms with van der Waals surface area (Å²) < 4.78 is 1.33. The lowest BCUT2D eigenvalue weighted by Gasteiger charge is -2.07. The third-order valence-corrected chi connectivity index (χ3v) is 1.73. The SMILES string of the molecule is CC(C)NC(=O)c1c([N+](=O)[O-])ncn1C. The van der Waals surface area contributed by atoms with Crippen molar-refractivity contribution in [2.24, 2.45) is 7.05 Å². The third kappa shape index (κ3) is 2.30. The van der Waals surface area contributed by atoms with E-state index in [4.69, 9.17) is 0 Å². The molecule has 0 unspecified atom stereocenters. The number of imidazole rings is 1. The molecule has 0 aromatic carbocycles. The van der Waals surface area contributed by atoms with Crippen LogP contribution >= 0.6 is 0 Å². The summed E-state index contributed by atoms with van der Waals surface area (Å²) in [7, 11) is 1.54. The van der Waals surface area contributed by atoms with Gasteiger partial charge in [-0.3, -0.25) is 4.79 Å². The fourth-order valence-electron chi connectivity index (χ4n) is 1.14. The van der Waals surface area contributed by atoms with E-state index < -0.39 is 16.6 Å². The molecule has 0 fully saturated rings. The first kappa shape index (κ1) is 11.2. The number of carbonyl (C=O) groups excluding carboxylic acids is 1. The summed E-state index contributed by atoms with van der Waals surface area (Å²) >= 11 is 0. The van der Waals surface area contributed by atoms with E-state index in [2.05, 4.69) is 10.3 Å². The van der Waals surface area contributed by atoms with Gasteiger partial charge in [-0.15, -0.1) is 0 Å². The molecular weight excluding hydrogens is 200 g/mol. The Morgan fingerprint density at radius 3 is 2.73 bits per heavy atom. The van der Waals surface area contributed by atoms with Gasteiger partial charge in [-0.05, 0) is 23.8 Å². The molecule has 0 aliphatic rings. The maximum atomic E-state index is 11.6. The van der Waals surface area contributed by atoms with Crippen LogP contribution in [0.2, 0.25) is 0 Å².